The summed E-state index contributed by atoms with van der Waals surface area (Å²) < 4.78 is 10.0. The number of esters is 2. The Balaban J connectivity index is 1.98. The molecule has 7 heteroatoms. The predicted octanol–water partition coefficient (Wildman–Crippen LogP) is 2.71. The third-order valence-corrected chi connectivity index (χ3v) is 4.40. The zero-order chi connectivity index (χ0) is 20.1. The van der Waals surface area contributed by atoms with Gasteiger partial charge in [-0.3, -0.25) is 5.10 Å². The van der Waals surface area contributed by atoms with Crippen LogP contribution < -0.4 is 5.73 Å². The van der Waals surface area contributed by atoms with Crippen LogP contribution >= 0.6 is 0 Å². The molecule has 144 valence electrons. The van der Waals surface area contributed by atoms with Crippen LogP contribution in [0.15, 0.2) is 54.2 Å². The van der Waals surface area contributed by atoms with Gasteiger partial charge in [-0.2, -0.15) is 5.10 Å². The Bertz CT molecular complexity index is 1040. The lowest BCUT2D eigenvalue weighted by molar-refractivity contribution is -0.146. The number of nitrogens with zero attached hydrogens (tertiary/aromatic N) is 1. The minimum absolute atomic E-state index is 0.00251. The van der Waals surface area contributed by atoms with Gasteiger partial charge in [0, 0.05) is 5.39 Å². The minimum Gasteiger partial charge on any atom is -0.465 e. The Morgan fingerprint density at radius 3 is 2.57 bits per heavy atom. The molecule has 2 aromatic carbocycles. The maximum Gasteiger partial charge on any atom is 0.348 e. The number of methoxy groups -OCH3 is 1. The van der Waals surface area contributed by atoms with Crippen LogP contribution in [0.2, 0.25) is 0 Å². The van der Waals surface area contributed by atoms with Crippen molar-refractivity contribution < 1.29 is 19.1 Å². The molecule has 28 heavy (non-hydrogen) atoms. The van der Waals surface area contributed by atoms with Crippen LogP contribution in [0.25, 0.3) is 16.6 Å². The van der Waals surface area contributed by atoms with E-state index in [1.54, 1.807) is 12.3 Å². The van der Waals surface area contributed by atoms with E-state index in [1.165, 1.54) is 7.11 Å². The molecule has 0 unspecified atom stereocenters. The van der Waals surface area contributed by atoms with Crippen molar-refractivity contribution in [2.75, 3.05) is 7.11 Å². The highest BCUT2D eigenvalue weighted by Crippen LogP contribution is 2.25. The van der Waals surface area contributed by atoms with E-state index in [0.717, 1.165) is 28.5 Å². The number of aryl methyl sites for hydroxylation is 1. The summed E-state index contributed by atoms with van der Waals surface area (Å²) in [7, 11) is 1.19. The zero-order valence-electron chi connectivity index (χ0n) is 15.7. The molecular weight excluding hydrogens is 358 g/mol. The van der Waals surface area contributed by atoms with Crippen LogP contribution in [0.5, 0.6) is 0 Å². The molecule has 0 atom stereocenters. The van der Waals surface area contributed by atoms with E-state index in [-0.39, 0.29) is 17.9 Å². The quantitative estimate of drug-likeness (QED) is 0.295. The van der Waals surface area contributed by atoms with E-state index in [4.69, 9.17) is 15.2 Å². The molecule has 0 spiro atoms. The van der Waals surface area contributed by atoms with Gasteiger partial charge in [0.15, 0.2) is 5.57 Å². The topological polar surface area (TPSA) is 107 Å². The number of H-pyrrole nitrogens is 1. The average molecular weight is 379 g/mol. The molecule has 0 aliphatic rings. The lowest BCUT2D eigenvalue weighted by atomic mass is 10.0. The second kappa shape index (κ2) is 8.39. The summed E-state index contributed by atoms with van der Waals surface area (Å²) in [5, 5.41) is 7.81. The van der Waals surface area contributed by atoms with Gasteiger partial charge in [-0.1, -0.05) is 37.3 Å². The monoisotopic (exact) mass is 379 g/mol. The predicted molar refractivity (Wildman–Crippen MR) is 105 cm³/mol. The van der Waals surface area contributed by atoms with Crippen molar-refractivity contribution in [3.05, 3.63) is 70.9 Å². The summed E-state index contributed by atoms with van der Waals surface area (Å²) in [6.45, 7) is 2.02. The molecule has 0 amide bonds. The maximum absolute atomic E-state index is 12.6. The van der Waals surface area contributed by atoms with Crippen molar-refractivity contribution in [1.82, 2.24) is 10.2 Å². The lowest BCUT2D eigenvalue weighted by Gasteiger charge is -2.12. The van der Waals surface area contributed by atoms with Gasteiger partial charge in [0.2, 0.25) is 0 Å². The van der Waals surface area contributed by atoms with E-state index < -0.39 is 11.9 Å². The van der Waals surface area contributed by atoms with Crippen molar-refractivity contribution in [3.8, 4) is 0 Å². The van der Waals surface area contributed by atoms with E-state index in [0.29, 0.717) is 5.56 Å². The van der Waals surface area contributed by atoms with Crippen molar-refractivity contribution in [1.29, 1.82) is 0 Å². The highest BCUT2D eigenvalue weighted by molar-refractivity contribution is 6.19. The fraction of sp³-hybridized carbons (Fsp3) is 0.190. The van der Waals surface area contributed by atoms with E-state index in [2.05, 4.69) is 10.2 Å². The Morgan fingerprint density at radius 1 is 1.14 bits per heavy atom. The van der Waals surface area contributed by atoms with Crippen molar-refractivity contribution in [3.63, 3.8) is 0 Å². The van der Waals surface area contributed by atoms with Crippen LogP contribution in [0, 0.1) is 0 Å². The molecular formula is C21H21N3O4. The molecule has 0 bridgehead atoms. The number of hydrogen-bond donors (Lipinski definition) is 2. The Labute approximate surface area is 162 Å². The molecule has 7 nitrogen and oxygen atoms in total. The molecule has 1 aromatic heterocycles. The Morgan fingerprint density at radius 2 is 1.89 bits per heavy atom. The number of nitrogens with one attached hydrogen (secondary N) is 1. The molecule has 0 aliphatic carbocycles. The number of benzene rings is 2. The van der Waals surface area contributed by atoms with Gasteiger partial charge < -0.3 is 15.2 Å². The number of ether oxygens (including phenoxy) is 2. The summed E-state index contributed by atoms with van der Waals surface area (Å²) in [5.41, 5.74) is 9.08. The lowest BCUT2D eigenvalue weighted by Crippen LogP contribution is -2.21. The molecule has 0 saturated heterocycles. The number of hydrogen-bond acceptors (Lipinski definition) is 6. The maximum atomic E-state index is 12.6. The first kappa shape index (κ1) is 19.2. The van der Waals surface area contributed by atoms with Gasteiger partial charge in [0.25, 0.3) is 0 Å². The van der Waals surface area contributed by atoms with E-state index in [9.17, 15) is 9.59 Å². The largest absolute Gasteiger partial charge is 0.465 e. The second-order valence-electron chi connectivity index (χ2n) is 6.17. The van der Waals surface area contributed by atoms with Crippen LogP contribution in [0.4, 0.5) is 0 Å². The van der Waals surface area contributed by atoms with Gasteiger partial charge in [0.05, 0.1) is 24.5 Å². The van der Waals surface area contributed by atoms with Gasteiger partial charge in [-0.25, -0.2) is 9.59 Å². The van der Waals surface area contributed by atoms with E-state index in [1.807, 2.05) is 43.3 Å². The molecule has 0 radical (unpaired) electrons. The SMILES string of the molecule is CCc1cc(C(N)=C(C(=O)OC)C(=O)OCc2ccccc2)cc2cn[nH]c12. The number of aromatic amines is 1. The molecule has 3 rings (SSSR count). The van der Waals surface area contributed by atoms with Crippen LogP contribution in [-0.4, -0.2) is 29.2 Å². The summed E-state index contributed by atoms with van der Waals surface area (Å²) in [6, 6.07) is 12.8. The van der Waals surface area contributed by atoms with Crippen molar-refractivity contribution in [2.24, 2.45) is 5.73 Å². The van der Waals surface area contributed by atoms with Gasteiger partial charge in [-0.05, 0) is 35.2 Å². The summed E-state index contributed by atoms with van der Waals surface area (Å²) in [5.74, 6) is -1.68. The van der Waals surface area contributed by atoms with Crippen molar-refractivity contribution >= 4 is 28.5 Å². The van der Waals surface area contributed by atoms with Crippen LogP contribution in [-0.2, 0) is 32.1 Å². The summed E-state index contributed by atoms with van der Waals surface area (Å²) in [4.78, 5) is 24.9. The molecule has 1 heterocycles. The number of carbonyl (C=O) groups is 2. The average Bonchev–Trinajstić information content (AvgIpc) is 3.21. The summed E-state index contributed by atoms with van der Waals surface area (Å²) >= 11 is 0. The zero-order valence-corrected chi connectivity index (χ0v) is 15.7. The number of aromatic nitrogens is 2. The molecule has 3 aromatic rings. The molecule has 0 fully saturated rings. The standard InChI is InChI=1S/C21H21N3O4/c1-3-14-9-15(10-16-11-23-24-19(14)16)18(22)17(20(25)27-2)21(26)28-12-13-7-5-4-6-8-13/h4-11H,3,12,22H2,1-2H3,(H,23,24). The second-order valence-corrected chi connectivity index (χ2v) is 6.17. The number of nitrogens with two attached hydrogens (primary N) is 1. The van der Waals surface area contributed by atoms with Gasteiger partial charge >= 0.3 is 11.9 Å². The van der Waals surface area contributed by atoms with E-state index >= 15 is 0 Å². The number of carbonyl (C=O) groups excluding carboxylic acids is 2. The Hall–Kier alpha value is -3.61. The molecule has 0 aliphatic heterocycles. The smallest absolute Gasteiger partial charge is 0.348 e. The van der Waals surface area contributed by atoms with Gasteiger partial charge in [-0.15, -0.1) is 0 Å². The normalized spacial score (nSPS) is 11.8. The van der Waals surface area contributed by atoms with Crippen LogP contribution in [0.3, 0.4) is 0 Å². The Kier molecular flexibility index (Phi) is 5.74. The van der Waals surface area contributed by atoms with Crippen LogP contribution in [0.1, 0.15) is 23.6 Å². The van der Waals surface area contributed by atoms with Gasteiger partial charge in [0.1, 0.15) is 6.61 Å². The number of fused-ring (bicyclic) bond motifs is 1. The third kappa shape index (κ3) is 3.88. The third-order valence-electron chi connectivity index (χ3n) is 4.40. The highest BCUT2D eigenvalue weighted by atomic mass is 16.5. The van der Waals surface area contributed by atoms with Crippen molar-refractivity contribution in [2.45, 2.75) is 20.0 Å². The fourth-order valence-electron chi connectivity index (χ4n) is 2.91. The number of rotatable bonds is 6. The first-order chi connectivity index (χ1) is 13.5. The highest BCUT2D eigenvalue weighted by Gasteiger charge is 2.26. The molecule has 3 N–H and O–H groups in total. The fourth-order valence-corrected chi connectivity index (χ4v) is 2.91. The first-order valence-electron chi connectivity index (χ1n) is 8.80. The minimum atomic E-state index is -0.846. The molecule has 0 saturated carbocycles. The first-order valence-corrected chi connectivity index (χ1v) is 8.80. The summed E-state index contributed by atoms with van der Waals surface area (Å²) in [6.07, 6.45) is 2.39.